The molecular formula is C14H23NO3. The van der Waals surface area contributed by atoms with Crippen LogP contribution in [0.25, 0.3) is 0 Å². The predicted octanol–water partition coefficient (Wildman–Crippen LogP) is 2.55. The summed E-state index contributed by atoms with van der Waals surface area (Å²) >= 11 is 0. The third-order valence-corrected chi connectivity index (χ3v) is 2.39. The molecule has 1 aromatic rings. The summed E-state index contributed by atoms with van der Waals surface area (Å²) in [5, 5.41) is 3.31. The molecule has 0 unspecified atom stereocenters. The molecular weight excluding hydrogens is 230 g/mol. The lowest BCUT2D eigenvalue weighted by molar-refractivity contribution is 0.109. The maximum absolute atomic E-state index is 5.53. The first kappa shape index (κ1) is 14.8. The van der Waals surface area contributed by atoms with Crippen LogP contribution in [0.3, 0.4) is 0 Å². The highest BCUT2D eigenvalue weighted by atomic mass is 16.5. The van der Waals surface area contributed by atoms with Crippen molar-refractivity contribution < 1.29 is 14.2 Å². The van der Waals surface area contributed by atoms with Gasteiger partial charge in [0.25, 0.3) is 0 Å². The summed E-state index contributed by atoms with van der Waals surface area (Å²) in [6.45, 7) is 5.60. The largest absolute Gasteiger partial charge is 0.492 e. The third kappa shape index (κ3) is 5.89. The molecule has 0 spiro atoms. The highest BCUT2D eigenvalue weighted by Gasteiger charge is 2.00. The molecule has 0 aliphatic rings. The van der Waals surface area contributed by atoms with Gasteiger partial charge in [-0.1, -0.05) is 12.1 Å². The molecule has 0 aliphatic carbocycles. The Labute approximate surface area is 109 Å². The molecule has 1 rings (SSSR count). The smallest absolute Gasteiger partial charge is 0.142 e. The number of hydrogen-bond donors (Lipinski definition) is 1. The zero-order valence-corrected chi connectivity index (χ0v) is 11.3. The standard InChI is InChI=1S/C14H23NO3/c1-3-18-14-8-5-4-7-13(14)15-9-12-17-11-6-10-16-2/h4-5,7-8,15H,3,6,9-12H2,1-2H3. The topological polar surface area (TPSA) is 39.7 Å². The van der Waals surface area contributed by atoms with Gasteiger partial charge in [-0.05, 0) is 25.5 Å². The Morgan fingerprint density at radius 3 is 2.72 bits per heavy atom. The quantitative estimate of drug-likeness (QED) is 0.650. The monoisotopic (exact) mass is 253 g/mol. The Balaban J connectivity index is 2.18. The van der Waals surface area contributed by atoms with Crippen molar-refractivity contribution in [1.82, 2.24) is 0 Å². The van der Waals surface area contributed by atoms with E-state index in [-0.39, 0.29) is 0 Å². The average Bonchev–Trinajstić information content (AvgIpc) is 2.40. The molecule has 1 N–H and O–H groups in total. The van der Waals surface area contributed by atoms with Gasteiger partial charge in [-0.2, -0.15) is 0 Å². The van der Waals surface area contributed by atoms with Crippen LogP contribution in [0.5, 0.6) is 5.75 Å². The van der Waals surface area contributed by atoms with E-state index in [1.807, 2.05) is 31.2 Å². The first-order valence-electron chi connectivity index (χ1n) is 6.41. The highest BCUT2D eigenvalue weighted by Crippen LogP contribution is 2.23. The van der Waals surface area contributed by atoms with Crippen LogP contribution in [-0.2, 0) is 9.47 Å². The molecule has 102 valence electrons. The highest BCUT2D eigenvalue weighted by molar-refractivity contribution is 5.56. The van der Waals surface area contributed by atoms with Crippen molar-refractivity contribution in [2.45, 2.75) is 13.3 Å². The lowest BCUT2D eigenvalue weighted by Crippen LogP contribution is -2.11. The van der Waals surface area contributed by atoms with Crippen LogP contribution < -0.4 is 10.1 Å². The Morgan fingerprint density at radius 2 is 1.94 bits per heavy atom. The molecule has 18 heavy (non-hydrogen) atoms. The fraction of sp³-hybridized carbons (Fsp3) is 0.571. The SMILES string of the molecule is CCOc1ccccc1NCCOCCCOC. The van der Waals surface area contributed by atoms with Crippen molar-refractivity contribution in [2.75, 3.05) is 45.4 Å². The minimum absolute atomic E-state index is 0.673. The maximum Gasteiger partial charge on any atom is 0.142 e. The minimum Gasteiger partial charge on any atom is -0.492 e. The molecule has 0 aliphatic heterocycles. The summed E-state index contributed by atoms with van der Waals surface area (Å²) in [7, 11) is 1.70. The Morgan fingerprint density at radius 1 is 1.11 bits per heavy atom. The summed E-state index contributed by atoms with van der Waals surface area (Å²) in [6, 6.07) is 7.93. The van der Waals surface area contributed by atoms with Crippen molar-refractivity contribution in [2.24, 2.45) is 0 Å². The molecule has 0 aromatic heterocycles. The van der Waals surface area contributed by atoms with E-state index in [9.17, 15) is 0 Å². The van der Waals surface area contributed by atoms with Gasteiger partial charge in [-0.15, -0.1) is 0 Å². The van der Waals surface area contributed by atoms with Gasteiger partial charge in [0.05, 0.1) is 18.9 Å². The number of anilines is 1. The van der Waals surface area contributed by atoms with E-state index in [0.29, 0.717) is 13.2 Å². The number of hydrogen-bond acceptors (Lipinski definition) is 4. The number of methoxy groups -OCH3 is 1. The van der Waals surface area contributed by atoms with Crippen molar-refractivity contribution >= 4 is 5.69 Å². The predicted molar refractivity (Wildman–Crippen MR) is 73.4 cm³/mol. The molecule has 0 saturated carbocycles. The summed E-state index contributed by atoms with van der Waals surface area (Å²) < 4.78 is 15.9. The van der Waals surface area contributed by atoms with E-state index in [1.54, 1.807) is 7.11 Å². The lowest BCUT2D eigenvalue weighted by atomic mass is 10.3. The molecule has 0 bridgehead atoms. The normalized spacial score (nSPS) is 10.3. The molecule has 0 radical (unpaired) electrons. The van der Waals surface area contributed by atoms with Crippen molar-refractivity contribution in [1.29, 1.82) is 0 Å². The van der Waals surface area contributed by atoms with Crippen molar-refractivity contribution in [3.8, 4) is 5.75 Å². The van der Waals surface area contributed by atoms with E-state index < -0.39 is 0 Å². The molecule has 0 fully saturated rings. The van der Waals surface area contributed by atoms with E-state index in [4.69, 9.17) is 14.2 Å². The van der Waals surface area contributed by atoms with Crippen LogP contribution in [-0.4, -0.2) is 40.1 Å². The number of benzene rings is 1. The van der Waals surface area contributed by atoms with E-state index >= 15 is 0 Å². The summed E-state index contributed by atoms with van der Waals surface area (Å²) in [6.07, 6.45) is 0.937. The second-order valence-electron chi connectivity index (χ2n) is 3.81. The third-order valence-electron chi connectivity index (χ3n) is 2.39. The van der Waals surface area contributed by atoms with Gasteiger partial charge < -0.3 is 19.5 Å². The summed E-state index contributed by atoms with van der Waals surface area (Å²) in [4.78, 5) is 0. The van der Waals surface area contributed by atoms with Crippen LogP contribution >= 0.6 is 0 Å². The molecule has 0 amide bonds. The molecule has 0 atom stereocenters. The van der Waals surface area contributed by atoms with Crippen LogP contribution in [0.2, 0.25) is 0 Å². The van der Waals surface area contributed by atoms with E-state index in [2.05, 4.69) is 5.32 Å². The number of ether oxygens (including phenoxy) is 3. The van der Waals surface area contributed by atoms with Crippen molar-refractivity contribution in [3.63, 3.8) is 0 Å². The lowest BCUT2D eigenvalue weighted by Gasteiger charge is -2.12. The number of rotatable bonds is 10. The Bertz CT molecular complexity index is 318. The molecule has 1 aromatic carbocycles. The van der Waals surface area contributed by atoms with Crippen LogP contribution in [0.15, 0.2) is 24.3 Å². The second kappa shape index (κ2) is 9.74. The fourth-order valence-electron chi connectivity index (χ4n) is 1.56. The fourth-order valence-corrected chi connectivity index (χ4v) is 1.56. The Kier molecular flexibility index (Phi) is 8.01. The van der Waals surface area contributed by atoms with E-state index in [1.165, 1.54) is 0 Å². The maximum atomic E-state index is 5.53. The minimum atomic E-state index is 0.673. The van der Waals surface area contributed by atoms with Gasteiger partial charge in [0.2, 0.25) is 0 Å². The Hall–Kier alpha value is -1.26. The molecule has 4 nitrogen and oxygen atoms in total. The van der Waals surface area contributed by atoms with Gasteiger partial charge in [-0.3, -0.25) is 0 Å². The molecule has 0 saturated heterocycles. The molecule has 0 heterocycles. The van der Waals surface area contributed by atoms with Gasteiger partial charge >= 0.3 is 0 Å². The zero-order chi connectivity index (χ0) is 13.1. The van der Waals surface area contributed by atoms with Crippen molar-refractivity contribution in [3.05, 3.63) is 24.3 Å². The average molecular weight is 253 g/mol. The second-order valence-corrected chi connectivity index (χ2v) is 3.81. The van der Waals surface area contributed by atoms with Gasteiger partial charge in [-0.25, -0.2) is 0 Å². The first-order chi connectivity index (χ1) is 8.88. The van der Waals surface area contributed by atoms with E-state index in [0.717, 1.165) is 37.6 Å². The number of nitrogens with one attached hydrogen (secondary N) is 1. The number of para-hydroxylation sites is 2. The molecule has 4 heteroatoms. The van der Waals surface area contributed by atoms with Gasteiger partial charge in [0.15, 0.2) is 0 Å². The van der Waals surface area contributed by atoms with Crippen LogP contribution in [0.1, 0.15) is 13.3 Å². The first-order valence-corrected chi connectivity index (χ1v) is 6.41. The van der Waals surface area contributed by atoms with Crippen LogP contribution in [0, 0.1) is 0 Å². The van der Waals surface area contributed by atoms with Gasteiger partial charge in [0, 0.05) is 26.9 Å². The summed E-state index contributed by atoms with van der Waals surface area (Å²) in [5.41, 5.74) is 1.01. The summed E-state index contributed by atoms with van der Waals surface area (Å²) in [5.74, 6) is 0.888. The van der Waals surface area contributed by atoms with Gasteiger partial charge in [0.1, 0.15) is 5.75 Å². The zero-order valence-electron chi connectivity index (χ0n) is 11.3. The van der Waals surface area contributed by atoms with Crippen LogP contribution in [0.4, 0.5) is 5.69 Å².